The molecule has 0 aliphatic rings. The largest absolute Gasteiger partial charge is 0.300 e. The van der Waals surface area contributed by atoms with Gasteiger partial charge in [-0.15, -0.1) is 0 Å². The molecule has 88 valence electrons. The molecule has 17 heavy (non-hydrogen) atoms. The maximum Gasteiger partial charge on any atom is 0.186 e. The lowest BCUT2D eigenvalue weighted by Gasteiger charge is -1.97. The van der Waals surface area contributed by atoms with E-state index in [0.717, 1.165) is 11.1 Å². The zero-order chi connectivity index (χ0) is 12.7. The van der Waals surface area contributed by atoms with E-state index in [1.165, 1.54) is 18.7 Å². The van der Waals surface area contributed by atoms with E-state index in [9.17, 15) is 9.59 Å². The molecule has 0 atom stereocenters. The number of hydrogen-bond donors (Lipinski definition) is 0. The van der Waals surface area contributed by atoms with Crippen LogP contribution in [0, 0.1) is 11.8 Å². The lowest BCUT2D eigenvalue weighted by atomic mass is 10.1. The van der Waals surface area contributed by atoms with Gasteiger partial charge in [0.25, 0.3) is 0 Å². The Morgan fingerprint density at radius 2 is 2.06 bits per heavy atom. The topological polar surface area (TPSA) is 34.1 Å². The van der Waals surface area contributed by atoms with Gasteiger partial charge in [-0.25, -0.2) is 0 Å². The fraction of sp³-hybridized carbons (Fsp3) is 0.286. The summed E-state index contributed by atoms with van der Waals surface area (Å²) in [5, 5.41) is 0.0737. The number of benzene rings is 1. The molecular weight excluding hydrogens is 232 g/mol. The molecule has 0 aliphatic carbocycles. The van der Waals surface area contributed by atoms with Gasteiger partial charge in [-0.2, -0.15) is 0 Å². The minimum Gasteiger partial charge on any atom is -0.300 e. The first kappa shape index (κ1) is 13.5. The van der Waals surface area contributed by atoms with Crippen LogP contribution >= 0.6 is 11.8 Å². The average Bonchev–Trinajstić information content (AvgIpc) is 2.24. The number of carbonyl (C=O) groups excluding carboxylic acids is 2. The lowest BCUT2D eigenvalue weighted by molar-refractivity contribution is -0.116. The van der Waals surface area contributed by atoms with Gasteiger partial charge in [0, 0.05) is 18.9 Å². The summed E-state index contributed by atoms with van der Waals surface area (Å²) in [6.07, 6.45) is 0.442. The Labute approximate surface area is 106 Å². The molecule has 0 spiro atoms. The second kappa shape index (κ2) is 6.93. The molecule has 0 saturated carbocycles. The summed E-state index contributed by atoms with van der Waals surface area (Å²) in [5.41, 5.74) is 1.86. The van der Waals surface area contributed by atoms with Crippen molar-refractivity contribution in [3.05, 3.63) is 35.4 Å². The van der Waals surface area contributed by atoms with Crippen molar-refractivity contribution in [3.63, 3.8) is 0 Å². The number of thioether (sulfide) groups is 1. The van der Waals surface area contributed by atoms with Crippen LogP contribution in [0.25, 0.3) is 0 Å². The van der Waals surface area contributed by atoms with Crippen molar-refractivity contribution >= 4 is 22.7 Å². The van der Waals surface area contributed by atoms with Crippen molar-refractivity contribution < 1.29 is 9.59 Å². The standard InChI is InChI=1S/C14H14O2S/c1-11(15)9-14-6-3-5-13(10-14)7-4-8-17-12(2)16/h3,5-6,10H,8-9H2,1-2H3. The van der Waals surface area contributed by atoms with Gasteiger partial charge < -0.3 is 0 Å². The molecule has 0 aromatic heterocycles. The molecule has 0 heterocycles. The van der Waals surface area contributed by atoms with Crippen LogP contribution in [0.5, 0.6) is 0 Å². The smallest absolute Gasteiger partial charge is 0.186 e. The molecule has 0 aliphatic heterocycles. The van der Waals surface area contributed by atoms with Crippen LogP contribution in [0.2, 0.25) is 0 Å². The van der Waals surface area contributed by atoms with Crippen LogP contribution in [-0.4, -0.2) is 16.7 Å². The van der Waals surface area contributed by atoms with E-state index in [0.29, 0.717) is 12.2 Å². The SMILES string of the molecule is CC(=O)Cc1cccc(C#CCSC(C)=O)c1. The van der Waals surface area contributed by atoms with Crippen LogP contribution in [0.4, 0.5) is 0 Å². The number of carbonyl (C=O) groups is 2. The first-order chi connectivity index (χ1) is 8.08. The zero-order valence-electron chi connectivity index (χ0n) is 9.95. The van der Waals surface area contributed by atoms with Crippen LogP contribution in [-0.2, 0) is 16.0 Å². The van der Waals surface area contributed by atoms with E-state index >= 15 is 0 Å². The first-order valence-electron chi connectivity index (χ1n) is 5.28. The fourth-order valence-corrected chi connectivity index (χ4v) is 1.67. The van der Waals surface area contributed by atoms with E-state index in [1.54, 1.807) is 6.92 Å². The Morgan fingerprint density at radius 3 is 2.71 bits per heavy atom. The van der Waals surface area contributed by atoms with E-state index in [4.69, 9.17) is 0 Å². The number of ketones is 1. The molecule has 1 aromatic rings. The van der Waals surface area contributed by atoms with Gasteiger partial charge in [-0.1, -0.05) is 35.7 Å². The third kappa shape index (κ3) is 5.94. The van der Waals surface area contributed by atoms with Gasteiger partial charge in [0.05, 0.1) is 5.75 Å². The van der Waals surface area contributed by atoms with E-state index in [-0.39, 0.29) is 10.9 Å². The fourth-order valence-electron chi connectivity index (χ4n) is 1.32. The number of rotatable bonds is 3. The van der Waals surface area contributed by atoms with Gasteiger partial charge in [0.2, 0.25) is 0 Å². The van der Waals surface area contributed by atoms with Crippen molar-refractivity contribution in [2.24, 2.45) is 0 Å². The first-order valence-corrected chi connectivity index (χ1v) is 6.27. The second-order valence-corrected chi connectivity index (χ2v) is 4.81. The Morgan fingerprint density at radius 1 is 1.29 bits per heavy atom. The number of hydrogen-bond acceptors (Lipinski definition) is 3. The predicted octanol–water partition coefficient (Wildman–Crippen LogP) is 2.45. The Bertz CT molecular complexity index is 480. The van der Waals surface area contributed by atoms with Gasteiger partial charge in [-0.3, -0.25) is 9.59 Å². The van der Waals surface area contributed by atoms with E-state index < -0.39 is 0 Å². The van der Waals surface area contributed by atoms with Crippen LogP contribution < -0.4 is 0 Å². The summed E-state index contributed by atoms with van der Waals surface area (Å²) in [4.78, 5) is 21.7. The van der Waals surface area contributed by atoms with Crippen molar-refractivity contribution in [1.29, 1.82) is 0 Å². The monoisotopic (exact) mass is 246 g/mol. The van der Waals surface area contributed by atoms with E-state index in [2.05, 4.69) is 11.8 Å². The van der Waals surface area contributed by atoms with Crippen molar-refractivity contribution in [1.82, 2.24) is 0 Å². The highest BCUT2D eigenvalue weighted by Crippen LogP contribution is 2.06. The summed E-state index contributed by atoms with van der Waals surface area (Å²) in [7, 11) is 0. The molecule has 0 amide bonds. The third-order valence-electron chi connectivity index (χ3n) is 1.96. The van der Waals surface area contributed by atoms with Gasteiger partial charge in [-0.05, 0) is 24.6 Å². The van der Waals surface area contributed by atoms with Crippen molar-refractivity contribution in [3.8, 4) is 11.8 Å². The molecule has 0 bridgehead atoms. The molecule has 0 N–H and O–H groups in total. The Kier molecular flexibility index (Phi) is 5.51. The summed E-state index contributed by atoms with van der Waals surface area (Å²) >= 11 is 1.20. The highest BCUT2D eigenvalue weighted by atomic mass is 32.2. The van der Waals surface area contributed by atoms with Gasteiger partial charge in [0.15, 0.2) is 5.12 Å². The lowest BCUT2D eigenvalue weighted by Crippen LogP contribution is -1.96. The van der Waals surface area contributed by atoms with Crippen LogP contribution in [0.1, 0.15) is 25.0 Å². The molecular formula is C14H14O2S. The summed E-state index contributed by atoms with van der Waals surface area (Å²) < 4.78 is 0. The molecule has 2 nitrogen and oxygen atoms in total. The van der Waals surface area contributed by atoms with Gasteiger partial charge in [0.1, 0.15) is 5.78 Å². The molecule has 3 heteroatoms. The van der Waals surface area contributed by atoms with E-state index in [1.807, 2.05) is 24.3 Å². The molecule has 1 aromatic carbocycles. The maximum atomic E-state index is 11.0. The van der Waals surface area contributed by atoms with Gasteiger partial charge >= 0.3 is 0 Å². The number of Topliss-reactive ketones (excluding diaryl/α,β-unsaturated/α-hetero) is 1. The van der Waals surface area contributed by atoms with Crippen LogP contribution in [0.15, 0.2) is 24.3 Å². The average molecular weight is 246 g/mol. The Balaban J connectivity index is 2.65. The minimum atomic E-state index is 0.0737. The predicted molar refractivity (Wildman–Crippen MR) is 70.8 cm³/mol. The van der Waals surface area contributed by atoms with Crippen LogP contribution in [0.3, 0.4) is 0 Å². The maximum absolute atomic E-state index is 11.0. The van der Waals surface area contributed by atoms with Crippen molar-refractivity contribution in [2.45, 2.75) is 20.3 Å². The quantitative estimate of drug-likeness (QED) is 0.768. The normalized spacial score (nSPS) is 9.29. The second-order valence-electron chi connectivity index (χ2n) is 3.66. The molecule has 0 saturated heterocycles. The summed E-state index contributed by atoms with van der Waals surface area (Å²) in [6, 6.07) is 7.61. The molecule has 0 fully saturated rings. The van der Waals surface area contributed by atoms with Crippen molar-refractivity contribution in [2.75, 3.05) is 5.75 Å². The highest BCUT2D eigenvalue weighted by Gasteiger charge is 1.97. The summed E-state index contributed by atoms with van der Waals surface area (Å²) in [6.45, 7) is 3.10. The summed E-state index contributed by atoms with van der Waals surface area (Å²) in [5.74, 6) is 6.55. The minimum absolute atomic E-state index is 0.0737. The molecule has 0 radical (unpaired) electrons. The third-order valence-corrected chi connectivity index (χ3v) is 2.66. The molecule has 1 rings (SSSR count). The Hall–Kier alpha value is -1.53. The molecule has 0 unspecified atom stereocenters. The zero-order valence-corrected chi connectivity index (χ0v) is 10.8. The highest BCUT2D eigenvalue weighted by molar-refractivity contribution is 8.13.